The molecule has 2 heterocycles. The van der Waals surface area contributed by atoms with Gasteiger partial charge in [-0.2, -0.15) is 0 Å². The summed E-state index contributed by atoms with van der Waals surface area (Å²) in [6.45, 7) is 3.56. The van der Waals surface area contributed by atoms with Crippen molar-refractivity contribution in [3.8, 4) is 0 Å². The third-order valence-corrected chi connectivity index (χ3v) is 7.15. The molecule has 0 saturated carbocycles. The molecule has 0 aliphatic carbocycles. The van der Waals surface area contributed by atoms with Gasteiger partial charge in [0.25, 0.3) is 0 Å². The van der Waals surface area contributed by atoms with Gasteiger partial charge >= 0.3 is 0 Å². The van der Waals surface area contributed by atoms with E-state index in [1.807, 2.05) is 4.90 Å². The van der Waals surface area contributed by atoms with Crippen LogP contribution in [-0.4, -0.2) is 26.5 Å². The molecule has 1 aromatic heterocycles. The van der Waals surface area contributed by atoms with E-state index >= 15 is 0 Å². The molecule has 1 aliphatic rings. The van der Waals surface area contributed by atoms with Gasteiger partial charge in [0, 0.05) is 24.7 Å². The molecule has 1 fully saturated rings. The van der Waals surface area contributed by atoms with Crippen LogP contribution in [0.1, 0.15) is 25.3 Å². The molecule has 1 saturated heterocycles. The molecule has 0 N–H and O–H groups in total. The van der Waals surface area contributed by atoms with Gasteiger partial charge in [0.15, 0.2) is 9.84 Å². The Labute approximate surface area is 169 Å². The average molecular weight is 416 g/mol. The number of fused-ring (bicyclic) bond motifs is 1. The van der Waals surface area contributed by atoms with Crippen LogP contribution in [0, 0.1) is 17.6 Å². The van der Waals surface area contributed by atoms with E-state index in [1.165, 1.54) is 30.5 Å². The minimum Gasteiger partial charge on any atom is -0.370 e. The monoisotopic (exact) mass is 416 g/mol. The van der Waals surface area contributed by atoms with Crippen molar-refractivity contribution < 1.29 is 17.2 Å². The molecule has 7 heteroatoms. The Kier molecular flexibility index (Phi) is 5.25. The predicted octanol–water partition coefficient (Wildman–Crippen LogP) is 4.72. The zero-order chi connectivity index (χ0) is 20.6. The molecule has 4 nitrogen and oxygen atoms in total. The Morgan fingerprint density at radius 2 is 1.83 bits per heavy atom. The van der Waals surface area contributed by atoms with Crippen molar-refractivity contribution in [2.75, 3.05) is 18.0 Å². The molecule has 3 aromatic rings. The highest BCUT2D eigenvalue weighted by molar-refractivity contribution is 7.90. The summed E-state index contributed by atoms with van der Waals surface area (Å²) in [5, 5.41) is 0.486. The number of anilines is 1. The second-order valence-electron chi connectivity index (χ2n) is 7.67. The van der Waals surface area contributed by atoms with Gasteiger partial charge in [-0.15, -0.1) is 0 Å². The van der Waals surface area contributed by atoms with E-state index in [-0.39, 0.29) is 16.2 Å². The molecule has 0 atom stereocenters. The highest BCUT2D eigenvalue weighted by Gasteiger charge is 2.28. The molecular formula is C22H22F2N2O2S. The number of hydrogen-bond acceptors (Lipinski definition) is 4. The third kappa shape index (κ3) is 3.96. The number of hydrogen-bond donors (Lipinski definition) is 0. The van der Waals surface area contributed by atoms with Gasteiger partial charge < -0.3 is 4.90 Å². The van der Waals surface area contributed by atoms with Crippen molar-refractivity contribution >= 4 is 26.4 Å². The van der Waals surface area contributed by atoms with Crippen LogP contribution in [-0.2, 0) is 15.6 Å². The van der Waals surface area contributed by atoms with E-state index in [0.717, 1.165) is 12.8 Å². The Morgan fingerprint density at radius 3 is 2.55 bits per heavy atom. The lowest BCUT2D eigenvalue weighted by atomic mass is 9.98. The molecule has 1 aliphatic heterocycles. The van der Waals surface area contributed by atoms with E-state index in [4.69, 9.17) is 0 Å². The summed E-state index contributed by atoms with van der Waals surface area (Å²) >= 11 is 0. The summed E-state index contributed by atoms with van der Waals surface area (Å²) in [6.07, 6.45) is 3.11. The molecule has 0 unspecified atom stereocenters. The number of piperidine rings is 1. The van der Waals surface area contributed by atoms with Gasteiger partial charge in [-0.25, -0.2) is 17.2 Å². The van der Waals surface area contributed by atoms with Crippen molar-refractivity contribution in [2.45, 2.75) is 30.4 Å². The lowest BCUT2D eigenvalue weighted by molar-refractivity contribution is 0.437. The maximum absolute atomic E-state index is 14.3. The van der Waals surface area contributed by atoms with Gasteiger partial charge in [-0.1, -0.05) is 31.2 Å². The molecule has 152 valence electrons. The fraction of sp³-hybridized carbons (Fsp3) is 0.318. The normalized spacial score (nSPS) is 15.8. The second-order valence-corrected chi connectivity index (χ2v) is 9.62. The number of halogens is 2. The first-order chi connectivity index (χ1) is 13.8. The number of sulfone groups is 1. The fourth-order valence-electron chi connectivity index (χ4n) is 3.86. The summed E-state index contributed by atoms with van der Waals surface area (Å²) in [7, 11) is -3.82. The van der Waals surface area contributed by atoms with Gasteiger partial charge in [-0.3, -0.25) is 4.98 Å². The van der Waals surface area contributed by atoms with E-state index in [1.54, 1.807) is 18.2 Å². The first-order valence-electron chi connectivity index (χ1n) is 9.64. The summed E-state index contributed by atoms with van der Waals surface area (Å²) in [5.41, 5.74) is 1.02. The topological polar surface area (TPSA) is 50.3 Å². The highest BCUT2D eigenvalue weighted by Crippen LogP contribution is 2.37. The third-order valence-electron chi connectivity index (χ3n) is 5.47. The Hall–Kier alpha value is -2.54. The lowest BCUT2D eigenvalue weighted by Crippen LogP contribution is -2.34. The maximum Gasteiger partial charge on any atom is 0.186 e. The SMILES string of the molecule is CC1CCN(c2c(S(=O)(=O)Cc3cccc(F)c3)cnc3c(F)cccc23)CC1. The van der Waals surface area contributed by atoms with Crippen molar-refractivity contribution in [2.24, 2.45) is 5.92 Å². The molecule has 0 amide bonds. The number of benzene rings is 2. The largest absolute Gasteiger partial charge is 0.370 e. The van der Waals surface area contributed by atoms with Crippen molar-refractivity contribution in [3.63, 3.8) is 0 Å². The predicted molar refractivity (Wildman–Crippen MR) is 110 cm³/mol. The average Bonchev–Trinajstić information content (AvgIpc) is 2.68. The second kappa shape index (κ2) is 7.71. The Balaban J connectivity index is 1.86. The summed E-state index contributed by atoms with van der Waals surface area (Å²) < 4.78 is 54.5. The van der Waals surface area contributed by atoms with Crippen molar-refractivity contribution in [1.82, 2.24) is 4.98 Å². The van der Waals surface area contributed by atoms with E-state index in [9.17, 15) is 17.2 Å². The van der Waals surface area contributed by atoms with E-state index < -0.39 is 21.5 Å². The zero-order valence-electron chi connectivity index (χ0n) is 16.1. The fourth-order valence-corrected chi connectivity index (χ4v) is 5.39. The standard InChI is InChI=1S/C22H22F2N2O2S/c1-15-8-10-26(11-9-15)22-18-6-3-7-19(24)21(18)25-13-20(22)29(27,28)14-16-4-2-5-17(23)12-16/h2-7,12-13,15H,8-11,14H2,1H3. The molecule has 0 bridgehead atoms. The highest BCUT2D eigenvalue weighted by atomic mass is 32.2. The first kappa shape index (κ1) is 19.8. The van der Waals surface area contributed by atoms with Crippen LogP contribution >= 0.6 is 0 Å². The number of para-hydroxylation sites is 1. The molecule has 2 aromatic carbocycles. The number of aromatic nitrogens is 1. The van der Waals surface area contributed by atoms with Crippen LogP contribution in [0.15, 0.2) is 53.6 Å². The van der Waals surface area contributed by atoms with Gasteiger partial charge in [0.2, 0.25) is 0 Å². The molecule has 29 heavy (non-hydrogen) atoms. The maximum atomic E-state index is 14.3. The minimum absolute atomic E-state index is 0.0643. The molecule has 0 spiro atoms. The van der Waals surface area contributed by atoms with Gasteiger partial charge in [-0.05, 0) is 42.5 Å². The van der Waals surface area contributed by atoms with E-state index in [0.29, 0.717) is 35.6 Å². The van der Waals surface area contributed by atoms with Crippen LogP contribution in [0.3, 0.4) is 0 Å². The number of nitrogens with zero attached hydrogens (tertiary/aromatic N) is 2. The smallest absolute Gasteiger partial charge is 0.186 e. The Morgan fingerprint density at radius 1 is 1.10 bits per heavy atom. The van der Waals surface area contributed by atoms with Crippen molar-refractivity contribution in [1.29, 1.82) is 0 Å². The van der Waals surface area contributed by atoms with Gasteiger partial charge in [0.1, 0.15) is 22.0 Å². The van der Waals surface area contributed by atoms with E-state index in [2.05, 4.69) is 11.9 Å². The first-order valence-corrected chi connectivity index (χ1v) is 11.3. The molecule has 0 radical (unpaired) electrons. The number of pyridine rings is 1. The number of rotatable bonds is 4. The lowest BCUT2D eigenvalue weighted by Gasteiger charge is -2.34. The van der Waals surface area contributed by atoms with Crippen LogP contribution < -0.4 is 4.90 Å². The minimum atomic E-state index is -3.82. The summed E-state index contributed by atoms with van der Waals surface area (Å²) in [4.78, 5) is 6.20. The Bertz CT molecular complexity index is 1160. The quantitative estimate of drug-likeness (QED) is 0.617. The summed E-state index contributed by atoms with van der Waals surface area (Å²) in [6, 6.07) is 10.2. The van der Waals surface area contributed by atoms with Crippen LogP contribution in [0.2, 0.25) is 0 Å². The summed E-state index contributed by atoms with van der Waals surface area (Å²) in [5.74, 6) is -0.752. The van der Waals surface area contributed by atoms with Crippen LogP contribution in [0.4, 0.5) is 14.5 Å². The molecular weight excluding hydrogens is 394 g/mol. The van der Waals surface area contributed by atoms with Gasteiger partial charge in [0.05, 0.1) is 11.4 Å². The van der Waals surface area contributed by atoms with Crippen LogP contribution in [0.5, 0.6) is 0 Å². The van der Waals surface area contributed by atoms with Crippen LogP contribution in [0.25, 0.3) is 10.9 Å². The molecule has 4 rings (SSSR count). The zero-order valence-corrected chi connectivity index (χ0v) is 16.9. The van der Waals surface area contributed by atoms with Crippen molar-refractivity contribution in [3.05, 3.63) is 65.9 Å².